The molecule has 0 amide bonds. The summed E-state index contributed by atoms with van der Waals surface area (Å²) in [5.74, 6) is -0.733. The van der Waals surface area contributed by atoms with Gasteiger partial charge in [0.2, 0.25) is 0 Å². The molecule has 96 valence electrons. The second-order valence-electron chi connectivity index (χ2n) is 3.76. The highest BCUT2D eigenvalue weighted by atomic mass is 79.9. The number of furan rings is 1. The van der Waals surface area contributed by atoms with Crippen LogP contribution in [0.15, 0.2) is 39.4 Å². The highest BCUT2D eigenvalue weighted by Crippen LogP contribution is 2.30. The van der Waals surface area contributed by atoms with Crippen LogP contribution < -0.4 is 5.32 Å². The zero-order valence-electron chi connectivity index (χ0n) is 9.71. The minimum absolute atomic E-state index is 0.0406. The number of hydrogen-bond acceptors (Lipinski definition) is 2. The number of halogens is 3. The second-order valence-corrected chi connectivity index (χ2v) is 4.62. The fraction of sp³-hybridized carbons (Fsp3) is 0.231. The number of nitrogens with one attached hydrogen (secondary N) is 1. The van der Waals surface area contributed by atoms with Crippen molar-refractivity contribution in [2.45, 2.75) is 13.0 Å². The average molecular weight is 316 g/mol. The Bertz CT molecular complexity index is 528. The molecule has 1 atom stereocenters. The molecule has 2 rings (SSSR count). The van der Waals surface area contributed by atoms with Gasteiger partial charge >= 0.3 is 0 Å². The van der Waals surface area contributed by atoms with E-state index in [1.807, 2.05) is 6.92 Å². The Balaban J connectivity index is 2.52. The van der Waals surface area contributed by atoms with Gasteiger partial charge < -0.3 is 9.73 Å². The van der Waals surface area contributed by atoms with E-state index in [1.165, 1.54) is 18.4 Å². The van der Waals surface area contributed by atoms with Gasteiger partial charge in [0.15, 0.2) is 0 Å². The van der Waals surface area contributed by atoms with E-state index in [1.54, 1.807) is 12.1 Å². The van der Waals surface area contributed by atoms with E-state index in [0.29, 0.717) is 12.3 Å². The topological polar surface area (TPSA) is 25.2 Å². The smallest absolute Gasteiger partial charge is 0.145 e. The van der Waals surface area contributed by atoms with Crippen molar-refractivity contribution in [2.75, 3.05) is 6.54 Å². The van der Waals surface area contributed by atoms with Gasteiger partial charge in [0.25, 0.3) is 0 Å². The van der Waals surface area contributed by atoms with Crippen molar-refractivity contribution in [3.8, 4) is 0 Å². The van der Waals surface area contributed by atoms with Crippen molar-refractivity contribution < 1.29 is 13.2 Å². The molecular formula is C13H12BrF2NO. The summed E-state index contributed by atoms with van der Waals surface area (Å²) in [7, 11) is 0. The maximum atomic E-state index is 14.1. The van der Waals surface area contributed by atoms with Gasteiger partial charge in [-0.3, -0.25) is 0 Å². The predicted octanol–water partition coefficient (Wildman–Crippen LogP) is 4.02. The first-order chi connectivity index (χ1) is 8.65. The molecular weight excluding hydrogens is 304 g/mol. The fourth-order valence-electron chi connectivity index (χ4n) is 1.81. The molecule has 1 N–H and O–H groups in total. The van der Waals surface area contributed by atoms with E-state index in [2.05, 4.69) is 21.2 Å². The number of rotatable bonds is 4. The highest BCUT2D eigenvalue weighted by Gasteiger charge is 2.24. The van der Waals surface area contributed by atoms with Crippen LogP contribution in [0, 0.1) is 11.6 Å². The Morgan fingerprint density at radius 3 is 2.72 bits per heavy atom. The van der Waals surface area contributed by atoms with Crippen LogP contribution in [0.3, 0.4) is 0 Å². The van der Waals surface area contributed by atoms with Gasteiger partial charge in [-0.05, 0) is 46.7 Å². The summed E-state index contributed by atoms with van der Waals surface area (Å²) in [5.41, 5.74) is -0.0406. The summed E-state index contributed by atoms with van der Waals surface area (Å²) in [6, 6.07) is 5.32. The van der Waals surface area contributed by atoms with Crippen molar-refractivity contribution in [1.82, 2.24) is 5.32 Å². The van der Waals surface area contributed by atoms with Gasteiger partial charge in [-0.25, -0.2) is 8.78 Å². The third-order valence-electron chi connectivity index (χ3n) is 2.60. The van der Waals surface area contributed by atoms with Crippen LogP contribution in [0.2, 0.25) is 0 Å². The number of benzene rings is 1. The van der Waals surface area contributed by atoms with E-state index >= 15 is 0 Å². The van der Waals surface area contributed by atoms with Crippen LogP contribution in [0.4, 0.5) is 8.78 Å². The van der Waals surface area contributed by atoms with Crippen LogP contribution in [0.5, 0.6) is 0 Å². The first-order valence-corrected chi connectivity index (χ1v) is 6.34. The minimum atomic E-state index is -0.637. The lowest BCUT2D eigenvalue weighted by molar-refractivity contribution is 0.426. The summed E-state index contributed by atoms with van der Waals surface area (Å²) in [5, 5.41) is 3.02. The SMILES string of the molecule is CCNC(c1ccco1)c1c(F)ccc(Br)c1F. The summed E-state index contributed by atoms with van der Waals surface area (Å²) in [6.45, 7) is 2.43. The zero-order valence-corrected chi connectivity index (χ0v) is 11.3. The molecule has 0 aliphatic carbocycles. The fourth-order valence-corrected chi connectivity index (χ4v) is 2.16. The van der Waals surface area contributed by atoms with E-state index in [4.69, 9.17) is 4.42 Å². The molecule has 0 bridgehead atoms. The molecule has 1 aromatic heterocycles. The lowest BCUT2D eigenvalue weighted by atomic mass is 10.0. The number of hydrogen-bond donors (Lipinski definition) is 1. The van der Waals surface area contributed by atoms with E-state index in [9.17, 15) is 8.78 Å². The third kappa shape index (κ3) is 2.47. The van der Waals surface area contributed by atoms with Crippen LogP contribution in [0.25, 0.3) is 0 Å². The van der Waals surface area contributed by atoms with Gasteiger partial charge in [-0.2, -0.15) is 0 Å². The normalized spacial score (nSPS) is 12.7. The van der Waals surface area contributed by atoms with E-state index < -0.39 is 17.7 Å². The maximum absolute atomic E-state index is 14.1. The first-order valence-electron chi connectivity index (χ1n) is 5.55. The Kier molecular flexibility index (Phi) is 4.14. The zero-order chi connectivity index (χ0) is 13.1. The standard InChI is InChI=1S/C13H12BrF2NO/c1-2-17-13(10-4-3-7-18-10)11-9(15)6-5-8(14)12(11)16/h3-7,13,17H,2H2,1H3. The first kappa shape index (κ1) is 13.2. The van der Waals surface area contributed by atoms with Crippen LogP contribution in [0.1, 0.15) is 24.3 Å². The lowest BCUT2D eigenvalue weighted by Crippen LogP contribution is -2.23. The van der Waals surface area contributed by atoms with Crippen molar-refractivity contribution in [3.63, 3.8) is 0 Å². The predicted molar refractivity (Wildman–Crippen MR) is 68.3 cm³/mol. The molecule has 1 unspecified atom stereocenters. The monoisotopic (exact) mass is 315 g/mol. The van der Waals surface area contributed by atoms with E-state index in [0.717, 1.165) is 0 Å². The van der Waals surface area contributed by atoms with Crippen molar-refractivity contribution in [2.24, 2.45) is 0 Å². The van der Waals surface area contributed by atoms with Crippen LogP contribution in [-0.4, -0.2) is 6.54 Å². The Labute approximate surface area is 112 Å². The Morgan fingerprint density at radius 2 is 2.11 bits per heavy atom. The molecule has 18 heavy (non-hydrogen) atoms. The Hall–Kier alpha value is -1.20. The van der Waals surface area contributed by atoms with Gasteiger partial charge in [-0.1, -0.05) is 6.92 Å². The quantitative estimate of drug-likeness (QED) is 0.862. The van der Waals surface area contributed by atoms with Crippen LogP contribution in [-0.2, 0) is 0 Å². The minimum Gasteiger partial charge on any atom is -0.467 e. The molecule has 0 aliphatic rings. The Morgan fingerprint density at radius 1 is 1.33 bits per heavy atom. The maximum Gasteiger partial charge on any atom is 0.145 e. The molecule has 2 aromatic rings. The molecule has 0 spiro atoms. The molecule has 1 heterocycles. The van der Waals surface area contributed by atoms with Crippen LogP contribution >= 0.6 is 15.9 Å². The van der Waals surface area contributed by atoms with Gasteiger partial charge in [0.05, 0.1) is 16.8 Å². The molecule has 0 aliphatic heterocycles. The summed E-state index contributed by atoms with van der Waals surface area (Å²) in [4.78, 5) is 0. The van der Waals surface area contributed by atoms with Crippen molar-refractivity contribution in [3.05, 3.63) is 58.0 Å². The molecule has 0 saturated carbocycles. The molecule has 5 heteroatoms. The van der Waals surface area contributed by atoms with Crippen molar-refractivity contribution >= 4 is 15.9 Å². The lowest BCUT2D eigenvalue weighted by Gasteiger charge is -2.18. The van der Waals surface area contributed by atoms with Gasteiger partial charge in [-0.15, -0.1) is 0 Å². The van der Waals surface area contributed by atoms with E-state index in [-0.39, 0.29) is 10.0 Å². The van der Waals surface area contributed by atoms with Gasteiger partial charge in [0, 0.05) is 5.56 Å². The van der Waals surface area contributed by atoms with Crippen molar-refractivity contribution in [1.29, 1.82) is 0 Å². The molecule has 0 radical (unpaired) electrons. The molecule has 0 fully saturated rings. The molecule has 1 aromatic carbocycles. The third-order valence-corrected chi connectivity index (χ3v) is 3.22. The molecule has 0 saturated heterocycles. The summed E-state index contributed by atoms with van der Waals surface area (Å²) >= 11 is 3.06. The largest absolute Gasteiger partial charge is 0.467 e. The summed E-state index contributed by atoms with van der Waals surface area (Å²) < 4.78 is 33.4. The van der Waals surface area contributed by atoms with Gasteiger partial charge in [0.1, 0.15) is 17.4 Å². The molecule has 2 nitrogen and oxygen atoms in total. The summed E-state index contributed by atoms with van der Waals surface area (Å²) in [6.07, 6.45) is 1.48. The average Bonchev–Trinajstić information content (AvgIpc) is 2.87. The highest BCUT2D eigenvalue weighted by molar-refractivity contribution is 9.10. The second kappa shape index (κ2) is 5.63.